The molecule has 0 amide bonds. The van der Waals surface area contributed by atoms with E-state index in [2.05, 4.69) is 16.0 Å². The van der Waals surface area contributed by atoms with Gasteiger partial charge in [-0.3, -0.25) is 0 Å². The topological polar surface area (TPSA) is 37.9 Å². The smallest absolute Gasteiger partial charge is 0.166 e. The van der Waals surface area contributed by atoms with E-state index in [0.29, 0.717) is 6.10 Å². The summed E-state index contributed by atoms with van der Waals surface area (Å²) in [5, 5.41) is 0.997. The first-order valence-electron chi connectivity index (χ1n) is 5.61. The molecule has 2 aromatic rings. The molecule has 16 heavy (non-hydrogen) atoms. The van der Waals surface area contributed by atoms with Crippen LogP contribution < -0.4 is 0 Å². The van der Waals surface area contributed by atoms with Crippen LogP contribution in [-0.2, 0) is 4.74 Å². The van der Waals surface area contributed by atoms with Gasteiger partial charge in [-0.1, -0.05) is 23.9 Å². The van der Waals surface area contributed by atoms with Crippen molar-refractivity contribution in [3.63, 3.8) is 0 Å². The summed E-state index contributed by atoms with van der Waals surface area (Å²) in [5.41, 5.74) is 2.15. The maximum Gasteiger partial charge on any atom is 0.166 e. The van der Waals surface area contributed by atoms with Gasteiger partial charge in [-0.25, -0.2) is 4.98 Å². The van der Waals surface area contributed by atoms with E-state index in [9.17, 15) is 0 Å². The van der Waals surface area contributed by atoms with Crippen LogP contribution in [0.3, 0.4) is 0 Å². The van der Waals surface area contributed by atoms with Gasteiger partial charge in [0.05, 0.1) is 17.1 Å². The number of aromatic nitrogens is 2. The average molecular weight is 234 g/mol. The van der Waals surface area contributed by atoms with Gasteiger partial charge in [-0.05, 0) is 25.0 Å². The Kier molecular flexibility index (Phi) is 2.84. The number of benzene rings is 1. The number of rotatable bonds is 3. The third kappa shape index (κ3) is 2.08. The zero-order chi connectivity index (χ0) is 10.8. The van der Waals surface area contributed by atoms with E-state index in [1.165, 1.54) is 12.8 Å². The van der Waals surface area contributed by atoms with E-state index in [1.54, 1.807) is 11.8 Å². The lowest BCUT2D eigenvalue weighted by atomic mass is 10.3. The molecule has 1 aromatic carbocycles. The van der Waals surface area contributed by atoms with Gasteiger partial charge >= 0.3 is 0 Å². The van der Waals surface area contributed by atoms with Crippen LogP contribution in [0.15, 0.2) is 29.4 Å². The van der Waals surface area contributed by atoms with Crippen LogP contribution in [-0.4, -0.2) is 28.4 Å². The maximum atomic E-state index is 5.59. The molecule has 0 bridgehead atoms. The van der Waals surface area contributed by atoms with Gasteiger partial charge < -0.3 is 9.72 Å². The highest BCUT2D eigenvalue weighted by atomic mass is 32.2. The number of nitrogens with one attached hydrogen (secondary N) is 1. The van der Waals surface area contributed by atoms with Crippen LogP contribution in [0.2, 0.25) is 0 Å². The first kappa shape index (κ1) is 10.2. The van der Waals surface area contributed by atoms with Crippen molar-refractivity contribution >= 4 is 22.8 Å². The summed E-state index contributed by atoms with van der Waals surface area (Å²) in [6.07, 6.45) is 2.80. The highest BCUT2D eigenvalue weighted by molar-refractivity contribution is 7.99. The van der Waals surface area contributed by atoms with E-state index in [1.807, 2.05) is 18.2 Å². The van der Waals surface area contributed by atoms with E-state index >= 15 is 0 Å². The second kappa shape index (κ2) is 4.47. The monoisotopic (exact) mass is 234 g/mol. The van der Waals surface area contributed by atoms with E-state index < -0.39 is 0 Å². The molecule has 3 rings (SSSR count). The first-order chi connectivity index (χ1) is 7.92. The van der Waals surface area contributed by atoms with Crippen LogP contribution in [0, 0.1) is 0 Å². The van der Waals surface area contributed by atoms with Crippen molar-refractivity contribution < 1.29 is 4.74 Å². The molecule has 4 heteroatoms. The molecule has 0 spiro atoms. The van der Waals surface area contributed by atoms with E-state index in [0.717, 1.165) is 28.5 Å². The second-order valence-corrected chi connectivity index (χ2v) is 5.01. The third-order valence-electron chi connectivity index (χ3n) is 2.80. The summed E-state index contributed by atoms with van der Waals surface area (Å²) in [4.78, 5) is 7.84. The minimum atomic E-state index is 0.415. The number of hydrogen-bond acceptors (Lipinski definition) is 3. The molecule has 1 fully saturated rings. The molecule has 1 aliphatic heterocycles. The fourth-order valence-corrected chi connectivity index (χ4v) is 2.90. The first-order valence-corrected chi connectivity index (χ1v) is 6.59. The molecular formula is C12H14N2OS. The average Bonchev–Trinajstić information content (AvgIpc) is 2.95. The Morgan fingerprint density at radius 2 is 2.38 bits per heavy atom. The van der Waals surface area contributed by atoms with Gasteiger partial charge in [0, 0.05) is 12.4 Å². The van der Waals surface area contributed by atoms with Crippen LogP contribution in [0.4, 0.5) is 0 Å². The third-order valence-corrected chi connectivity index (χ3v) is 3.80. The van der Waals surface area contributed by atoms with Crippen molar-refractivity contribution in [1.82, 2.24) is 9.97 Å². The Morgan fingerprint density at radius 1 is 1.44 bits per heavy atom. The Hall–Kier alpha value is -1.00. The highest BCUT2D eigenvalue weighted by Gasteiger charge is 2.16. The fourth-order valence-electron chi connectivity index (χ4n) is 1.95. The molecule has 1 aromatic heterocycles. The summed E-state index contributed by atoms with van der Waals surface area (Å²) in [7, 11) is 0. The largest absolute Gasteiger partial charge is 0.377 e. The quantitative estimate of drug-likeness (QED) is 0.830. The van der Waals surface area contributed by atoms with Crippen molar-refractivity contribution in [3.05, 3.63) is 24.3 Å². The molecule has 0 aliphatic carbocycles. The second-order valence-electron chi connectivity index (χ2n) is 4.01. The zero-order valence-corrected chi connectivity index (χ0v) is 9.80. The number of hydrogen-bond donors (Lipinski definition) is 1. The van der Waals surface area contributed by atoms with Gasteiger partial charge in [0.15, 0.2) is 5.16 Å². The molecular weight excluding hydrogens is 220 g/mol. The molecule has 1 N–H and O–H groups in total. The maximum absolute atomic E-state index is 5.59. The number of ether oxygens (including phenoxy) is 1. The standard InChI is InChI=1S/C12H14N2OS/c1-2-6-11-10(5-1)13-12(14-11)16-8-9-4-3-7-15-9/h1-2,5-6,9H,3-4,7-8H2,(H,13,14). The summed E-state index contributed by atoms with van der Waals surface area (Å²) >= 11 is 1.75. The zero-order valence-electron chi connectivity index (χ0n) is 8.98. The van der Waals surface area contributed by atoms with E-state index in [4.69, 9.17) is 4.74 Å². The molecule has 1 atom stereocenters. The van der Waals surface area contributed by atoms with Gasteiger partial charge in [0.1, 0.15) is 0 Å². The highest BCUT2D eigenvalue weighted by Crippen LogP contribution is 2.23. The molecule has 3 nitrogen and oxygen atoms in total. The fraction of sp³-hybridized carbons (Fsp3) is 0.417. The van der Waals surface area contributed by atoms with Crippen molar-refractivity contribution in [3.8, 4) is 0 Å². The van der Waals surface area contributed by atoms with Crippen LogP contribution in [0.1, 0.15) is 12.8 Å². The molecule has 84 valence electrons. The number of imidazole rings is 1. The normalized spacial score (nSPS) is 20.6. The molecule has 2 heterocycles. The number of H-pyrrole nitrogens is 1. The lowest BCUT2D eigenvalue weighted by molar-refractivity contribution is 0.129. The van der Waals surface area contributed by atoms with Crippen molar-refractivity contribution in [2.24, 2.45) is 0 Å². The molecule has 1 aliphatic rings. The molecule has 0 saturated carbocycles. The minimum absolute atomic E-state index is 0.415. The summed E-state index contributed by atoms with van der Waals surface area (Å²) < 4.78 is 5.59. The van der Waals surface area contributed by atoms with Gasteiger partial charge in [-0.15, -0.1) is 0 Å². The van der Waals surface area contributed by atoms with Gasteiger partial charge in [0.25, 0.3) is 0 Å². The van der Waals surface area contributed by atoms with Crippen LogP contribution in [0.25, 0.3) is 11.0 Å². The van der Waals surface area contributed by atoms with Crippen LogP contribution >= 0.6 is 11.8 Å². The Bertz CT molecular complexity index is 444. The summed E-state index contributed by atoms with van der Waals surface area (Å²) in [6.45, 7) is 0.922. The van der Waals surface area contributed by atoms with Gasteiger partial charge in [0.2, 0.25) is 0 Å². The molecule has 1 unspecified atom stereocenters. The lowest BCUT2D eigenvalue weighted by Gasteiger charge is -2.05. The number of fused-ring (bicyclic) bond motifs is 1. The molecule has 0 radical (unpaired) electrons. The Morgan fingerprint density at radius 3 is 3.19 bits per heavy atom. The van der Waals surface area contributed by atoms with Gasteiger partial charge in [-0.2, -0.15) is 0 Å². The molecule has 1 saturated heterocycles. The number of thioether (sulfide) groups is 1. The number of aromatic amines is 1. The van der Waals surface area contributed by atoms with Crippen molar-refractivity contribution in [2.45, 2.75) is 24.1 Å². The number of nitrogens with zero attached hydrogens (tertiary/aromatic N) is 1. The minimum Gasteiger partial charge on any atom is -0.377 e. The SMILES string of the molecule is c1ccc2[nH]c(SCC3CCCO3)nc2c1. The Balaban J connectivity index is 1.69. The lowest BCUT2D eigenvalue weighted by Crippen LogP contribution is -2.07. The van der Waals surface area contributed by atoms with Crippen molar-refractivity contribution in [1.29, 1.82) is 0 Å². The summed E-state index contributed by atoms with van der Waals surface area (Å²) in [5.74, 6) is 1.000. The Labute approximate surface area is 98.6 Å². The number of para-hydroxylation sites is 2. The predicted molar refractivity (Wildman–Crippen MR) is 65.8 cm³/mol. The summed E-state index contributed by atoms with van der Waals surface area (Å²) in [6, 6.07) is 8.12. The predicted octanol–water partition coefficient (Wildman–Crippen LogP) is 2.83. The van der Waals surface area contributed by atoms with E-state index in [-0.39, 0.29) is 0 Å². The van der Waals surface area contributed by atoms with Crippen molar-refractivity contribution in [2.75, 3.05) is 12.4 Å². The van der Waals surface area contributed by atoms with Crippen LogP contribution in [0.5, 0.6) is 0 Å².